The average molecular weight is 320 g/mol. The molecule has 0 fully saturated rings. The number of carbonyl (C=O) groups is 1. The van der Waals surface area contributed by atoms with E-state index >= 15 is 0 Å². The monoisotopic (exact) mass is 320 g/mol. The van der Waals surface area contributed by atoms with Crippen LogP contribution >= 0.6 is 0 Å². The van der Waals surface area contributed by atoms with Crippen LogP contribution in [0.25, 0.3) is 11.1 Å². The number of benzene rings is 2. The molecule has 1 unspecified atom stereocenters. The van der Waals surface area contributed by atoms with E-state index in [9.17, 15) is 23.1 Å². The van der Waals surface area contributed by atoms with E-state index < -0.39 is 11.8 Å². The molecule has 0 heterocycles. The van der Waals surface area contributed by atoms with Gasteiger partial charge in [-0.1, -0.05) is 49.4 Å². The summed E-state index contributed by atoms with van der Waals surface area (Å²) >= 11 is 0. The molecule has 0 saturated heterocycles. The van der Waals surface area contributed by atoms with E-state index in [2.05, 4.69) is 0 Å². The summed E-state index contributed by atoms with van der Waals surface area (Å²) in [7, 11) is 0. The zero-order chi connectivity index (χ0) is 16.8. The van der Waals surface area contributed by atoms with Crippen molar-refractivity contribution in [2.75, 3.05) is 0 Å². The highest BCUT2D eigenvalue weighted by atomic mass is 19.4. The van der Waals surface area contributed by atoms with E-state index in [1.165, 1.54) is 24.3 Å². The number of fused-ring (bicyclic) bond motifs is 3. The van der Waals surface area contributed by atoms with Crippen LogP contribution in [-0.4, -0.2) is 17.1 Å². The molecule has 5 heteroatoms. The van der Waals surface area contributed by atoms with Gasteiger partial charge in [0.2, 0.25) is 5.60 Å². The second kappa shape index (κ2) is 5.20. The van der Waals surface area contributed by atoms with Crippen molar-refractivity contribution in [1.29, 1.82) is 0 Å². The summed E-state index contributed by atoms with van der Waals surface area (Å²) in [5.74, 6) is 0.0160. The second-order valence-corrected chi connectivity index (χ2v) is 5.70. The van der Waals surface area contributed by atoms with Crippen molar-refractivity contribution in [3.8, 4) is 11.1 Å². The minimum atomic E-state index is -4.82. The minimum Gasteiger partial charge on any atom is -0.372 e. The quantitative estimate of drug-likeness (QED) is 0.928. The SMILES string of the molecule is CCC(=O)Cc1ccc2c(c1)-c1ccccc1C2(O)C(F)(F)F. The number of aliphatic hydroxyl groups is 1. The Labute approximate surface area is 131 Å². The van der Waals surface area contributed by atoms with Crippen LogP contribution in [0.15, 0.2) is 42.5 Å². The van der Waals surface area contributed by atoms with Crippen molar-refractivity contribution < 1.29 is 23.1 Å². The first-order valence-electron chi connectivity index (χ1n) is 7.33. The second-order valence-electron chi connectivity index (χ2n) is 5.70. The van der Waals surface area contributed by atoms with Gasteiger partial charge in [0, 0.05) is 24.0 Å². The average Bonchev–Trinajstić information content (AvgIpc) is 2.78. The number of hydrogen-bond donors (Lipinski definition) is 1. The first-order valence-corrected chi connectivity index (χ1v) is 7.33. The molecule has 0 spiro atoms. The molecule has 0 bridgehead atoms. The Morgan fingerprint density at radius 2 is 1.74 bits per heavy atom. The molecule has 2 aromatic carbocycles. The molecule has 1 atom stereocenters. The summed E-state index contributed by atoms with van der Waals surface area (Å²) in [6.07, 6.45) is -4.27. The van der Waals surface area contributed by atoms with Crippen LogP contribution in [-0.2, 0) is 16.8 Å². The smallest absolute Gasteiger partial charge is 0.372 e. The van der Waals surface area contributed by atoms with Crippen molar-refractivity contribution >= 4 is 5.78 Å². The lowest BCUT2D eigenvalue weighted by atomic mass is 9.90. The van der Waals surface area contributed by atoms with Crippen LogP contribution in [0.5, 0.6) is 0 Å². The standard InChI is InChI=1S/C18H15F3O2/c1-2-12(22)9-11-7-8-16-14(10-11)13-5-3-4-6-15(13)17(16,23)18(19,20)21/h3-8,10,23H,2,9H2,1H3. The lowest BCUT2D eigenvalue weighted by Crippen LogP contribution is -2.41. The number of ketones is 1. The van der Waals surface area contributed by atoms with Crippen molar-refractivity contribution in [3.63, 3.8) is 0 Å². The fourth-order valence-corrected chi connectivity index (χ4v) is 3.08. The van der Waals surface area contributed by atoms with Crippen LogP contribution in [0, 0.1) is 0 Å². The van der Waals surface area contributed by atoms with Crippen LogP contribution in [0.1, 0.15) is 30.0 Å². The Hall–Kier alpha value is -2.14. The molecule has 120 valence electrons. The Bertz CT molecular complexity index is 780. The van der Waals surface area contributed by atoms with E-state index in [1.54, 1.807) is 25.1 Å². The van der Waals surface area contributed by atoms with Gasteiger partial charge in [0.05, 0.1) is 0 Å². The minimum absolute atomic E-state index is 0.0160. The molecule has 2 nitrogen and oxygen atoms in total. The van der Waals surface area contributed by atoms with E-state index in [0.29, 0.717) is 23.1 Å². The summed E-state index contributed by atoms with van der Waals surface area (Å²) in [5.41, 5.74) is -2.01. The maximum absolute atomic E-state index is 13.6. The Morgan fingerprint density at radius 1 is 1.09 bits per heavy atom. The van der Waals surface area contributed by atoms with Crippen LogP contribution in [0.3, 0.4) is 0 Å². The maximum Gasteiger partial charge on any atom is 0.425 e. The highest BCUT2D eigenvalue weighted by Crippen LogP contribution is 2.54. The molecule has 0 aromatic heterocycles. The lowest BCUT2D eigenvalue weighted by molar-refractivity contribution is -0.246. The number of carbonyl (C=O) groups excluding carboxylic acids is 1. The zero-order valence-corrected chi connectivity index (χ0v) is 12.4. The van der Waals surface area contributed by atoms with Gasteiger partial charge in [-0.2, -0.15) is 13.2 Å². The Balaban J connectivity index is 2.20. The number of Topliss-reactive ketones (excluding diaryl/α,β-unsaturated/α-hetero) is 1. The predicted molar refractivity (Wildman–Crippen MR) is 79.9 cm³/mol. The van der Waals surface area contributed by atoms with Gasteiger partial charge in [-0.3, -0.25) is 4.79 Å². The van der Waals surface area contributed by atoms with Crippen LogP contribution in [0.2, 0.25) is 0 Å². The summed E-state index contributed by atoms with van der Waals surface area (Å²) in [5, 5.41) is 10.5. The third-order valence-electron chi connectivity index (χ3n) is 4.29. The molecular weight excluding hydrogens is 305 g/mol. The van der Waals surface area contributed by atoms with Gasteiger partial charge in [0.15, 0.2) is 0 Å². The lowest BCUT2D eigenvalue weighted by Gasteiger charge is -2.28. The van der Waals surface area contributed by atoms with Crippen LogP contribution < -0.4 is 0 Å². The van der Waals surface area contributed by atoms with Gasteiger partial charge in [0.25, 0.3) is 0 Å². The molecule has 1 aliphatic carbocycles. The number of hydrogen-bond acceptors (Lipinski definition) is 2. The van der Waals surface area contributed by atoms with Crippen molar-refractivity contribution in [1.82, 2.24) is 0 Å². The third-order valence-corrected chi connectivity index (χ3v) is 4.29. The predicted octanol–water partition coefficient (Wildman–Crippen LogP) is 3.99. The fourth-order valence-electron chi connectivity index (χ4n) is 3.08. The van der Waals surface area contributed by atoms with Crippen molar-refractivity contribution in [2.45, 2.75) is 31.5 Å². The zero-order valence-electron chi connectivity index (χ0n) is 12.4. The van der Waals surface area contributed by atoms with E-state index in [-0.39, 0.29) is 23.3 Å². The number of rotatable bonds is 3. The highest BCUT2D eigenvalue weighted by Gasteiger charge is 2.60. The summed E-state index contributed by atoms with van der Waals surface area (Å²) in [4.78, 5) is 11.6. The molecule has 0 saturated carbocycles. The third kappa shape index (κ3) is 2.27. The number of halogens is 3. The van der Waals surface area contributed by atoms with Crippen molar-refractivity contribution in [3.05, 3.63) is 59.2 Å². The molecular formula is C18H15F3O2. The van der Waals surface area contributed by atoms with E-state index in [0.717, 1.165) is 0 Å². The normalized spacial score (nSPS) is 19.3. The van der Waals surface area contributed by atoms with E-state index in [4.69, 9.17) is 0 Å². The largest absolute Gasteiger partial charge is 0.425 e. The molecule has 0 amide bonds. The van der Waals surface area contributed by atoms with Gasteiger partial charge < -0.3 is 5.11 Å². The molecule has 23 heavy (non-hydrogen) atoms. The molecule has 0 radical (unpaired) electrons. The summed E-state index contributed by atoms with van der Waals surface area (Å²) in [6.45, 7) is 1.74. The van der Waals surface area contributed by atoms with Crippen molar-refractivity contribution in [2.24, 2.45) is 0 Å². The highest BCUT2D eigenvalue weighted by molar-refractivity contribution is 5.84. The first kappa shape index (κ1) is 15.7. The van der Waals surface area contributed by atoms with Gasteiger partial charge in [-0.25, -0.2) is 0 Å². The molecule has 1 aliphatic rings. The molecule has 3 rings (SSSR count). The topological polar surface area (TPSA) is 37.3 Å². The first-order chi connectivity index (χ1) is 10.8. The Morgan fingerprint density at radius 3 is 2.39 bits per heavy atom. The Kier molecular flexibility index (Phi) is 3.56. The van der Waals surface area contributed by atoms with Gasteiger partial charge in [-0.05, 0) is 16.7 Å². The summed E-state index contributed by atoms with van der Waals surface area (Å²) < 4.78 is 40.7. The molecule has 2 aromatic rings. The van der Waals surface area contributed by atoms with Crippen LogP contribution in [0.4, 0.5) is 13.2 Å². The molecule has 0 aliphatic heterocycles. The van der Waals surface area contributed by atoms with Gasteiger partial charge in [0.1, 0.15) is 5.78 Å². The maximum atomic E-state index is 13.6. The fraction of sp³-hybridized carbons (Fsp3) is 0.278. The number of alkyl halides is 3. The van der Waals surface area contributed by atoms with Gasteiger partial charge in [-0.15, -0.1) is 0 Å². The van der Waals surface area contributed by atoms with E-state index in [1.807, 2.05) is 0 Å². The summed E-state index contributed by atoms with van der Waals surface area (Å²) in [6, 6.07) is 10.3. The van der Waals surface area contributed by atoms with Gasteiger partial charge >= 0.3 is 6.18 Å². The molecule has 1 N–H and O–H groups in total.